The summed E-state index contributed by atoms with van der Waals surface area (Å²) >= 11 is 1.48. The number of likely N-dealkylation sites (N-methyl/N-ethyl adjacent to an activating group) is 1. The number of thiazole rings is 1. The van der Waals surface area contributed by atoms with Crippen molar-refractivity contribution < 1.29 is 9.59 Å². The van der Waals surface area contributed by atoms with Crippen LogP contribution in [-0.4, -0.2) is 74.3 Å². The van der Waals surface area contributed by atoms with Gasteiger partial charge in [0.05, 0.1) is 17.1 Å². The van der Waals surface area contributed by atoms with E-state index in [4.69, 9.17) is 4.98 Å². The quantitative estimate of drug-likeness (QED) is 0.401. The van der Waals surface area contributed by atoms with Crippen molar-refractivity contribution in [1.29, 1.82) is 0 Å². The first-order valence-corrected chi connectivity index (χ1v) is 13.1. The van der Waals surface area contributed by atoms with Gasteiger partial charge >= 0.3 is 0 Å². The van der Waals surface area contributed by atoms with Gasteiger partial charge in [0.1, 0.15) is 5.69 Å². The minimum absolute atomic E-state index is 0.00871. The molecule has 1 aliphatic heterocycles. The number of aromatic nitrogens is 4. The third-order valence-electron chi connectivity index (χ3n) is 6.52. The summed E-state index contributed by atoms with van der Waals surface area (Å²) in [4.78, 5) is 40.1. The number of rotatable bonds is 6. The lowest BCUT2D eigenvalue weighted by molar-refractivity contribution is -0.126. The molecular formula is C26H31N7O2S. The highest BCUT2D eigenvalue weighted by Gasteiger charge is 2.27. The second kappa shape index (κ2) is 10.2. The molecule has 10 heteroatoms. The molecule has 4 heterocycles. The van der Waals surface area contributed by atoms with E-state index in [-0.39, 0.29) is 17.9 Å². The Balaban J connectivity index is 1.47. The average Bonchev–Trinajstić information content (AvgIpc) is 3.48. The highest BCUT2D eigenvalue weighted by Crippen LogP contribution is 2.32. The van der Waals surface area contributed by atoms with Crippen molar-refractivity contribution in [2.45, 2.75) is 32.2 Å². The Labute approximate surface area is 214 Å². The first-order chi connectivity index (χ1) is 17.4. The zero-order valence-corrected chi connectivity index (χ0v) is 21.7. The van der Waals surface area contributed by atoms with Crippen LogP contribution in [0.4, 0.5) is 5.95 Å². The number of carbonyl (C=O) groups excluding carboxylic acids is 2. The molecule has 1 aliphatic rings. The maximum Gasteiger partial charge on any atom is 0.278 e. The molecule has 188 valence electrons. The molecule has 9 nitrogen and oxygen atoms in total. The second-order valence-corrected chi connectivity index (χ2v) is 10.4. The Morgan fingerprint density at radius 3 is 2.92 bits per heavy atom. The van der Waals surface area contributed by atoms with E-state index in [1.54, 1.807) is 12.3 Å². The summed E-state index contributed by atoms with van der Waals surface area (Å²) in [7, 11) is 3.96. The van der Waals surface area contributed by atoms with Gasteiger partial charge < -0.3 is 14.4 Å². The molecule has 1 N–H and O–H groups in total. The van der Waals surface area contributed by atoms with Crippen molar-refractivity contribution in [3.05, 3.63) is 59.4 Å². The van der Waals surface area contributed by atoms with E-state index in [1.165, 1.54) is 11.3 Å². The van der Waals surface area contributed by atoms with Crippen LogP contribution in [0.1, 0.15) is 41.4 Å². The molecule has 0 radical (unpaired) electrons. The predicted octanol–water partition coefficient (Wildman–Crippen LogP) is 3.98. The Morgan fingerprint density at radius 2 is 2.11 bits per heavy atom. The van der Waals surface area contributed by atoms with Crippen LogP contribution >= 0.6 is 11.3 Å². The van der Waals surface area contributed by atoms with Crippen LogP contribution in [0.2, 0.25) is 0 Å². The van der Waals surface area contributed by atoms with Gasteiger partial charge in [-0.2, -0.15) is 0 Å². The Bertz CT molecular complexity index is 1400. The summed E-state index contributed by atoms with van der Waals surface area (Å²) in [6, 6.07) is 5.98. The summed E-state index contributed by atoms with van der Waals surface area (Å²) in [5, 5.41) is 4.95. The van der Waals surface area contributed by atoms with Crippen LogP contribution in [0, 0.1) is 6.92 Å². The predicted molar refractivity (Wildman–Crippen MR) is 143 cm³/mol. The van der Waals surface area contributed by atoms with Gasteiger partial charge in [-0.3, -0.25) is 19.3 Å². The van der Waals surface area contributed by atoms with Crippen molar-refractivity contribution in [3.63, 3.8) is 0 Å². The smallest absolute Gasteiger partial charge is 0.278 e. The number of likely N-dealkylation sites (tertiary alicyclic amines) is 1. The van der Waals surface area contributed by atoms with E-state index in [0.29, 0.717) is 18.2 Å². The molecule has 0 aliphatic carbocycles. The Morgan fingerprint density at radius 1 is 1.25 bits per heavy atom. The number of amides is 2. The first-order valence-electron chi connectivity index (χ1n) is 12.2. The molecule has 2 amide bonds. The molecule has 1 atom stereocenters. The fraction of sp³-hybridized carbons (Fsp3) is 0.385. The summed E-state index contributed by atoms with van der Waals surface area (Å²) in [6.45, 7) is 4.06. The van der Waals surface area contributed by atoms with Crippen LogP contribution in [-0.2, 0) is 4.79 Å². The number of hydrogen-bond donors (Lipinski definition) is 1. The largest absolute Gasteiger partial charge is 0.337 e. The molecule has 0 saturated carbocycles. The van der Waals surface area contributed by atoms with Crippen LogP contribution < -0.4 is 5.32 Å². The third kappa shape index (κ3) is 4.91. The van der Waals surface area contributed by atoms with Gasteiger partial charge in [0, 0.05) is 43.5 Å². The van der Waals surface area contributed by atoms with E-state index in [0.717, 1.165) is 53.9 Å². The molecule has 0 bridgehead atoms. The number of carbonyl (C=O) groups is 2. The van der Waals surface area contributed by atoms with Crippen LogP contribution in [0.15, 0.2) is 48.1 Å². The lowest BCUT2D eigenvalue weighted by Crippen LogP contribution is -2.35. The molecule has 3 aromatic heterocycles. The van der Waals surface area contributed by atoms with Crippen molar-refractivity contribution in [2.75, 3.05) is 39.0 Å². The maximum absolute atomic E-state index is 13.2. The van der Waals surface area contributed by atoms with Crippen molar-refractivity contribution in [3.8, 4) is 0 Å². The number of nitrogens with zero attached hydrogens (tertiary/aromatic N) is 6. The zero-order chi connectivity index (χ0) is 25.2. The van der Waals surface area contributed by atoms with Crippen LogP contribution in [0.5, 0.6) is 0 Å². The number of anilines is 1. The second-order valence-electron chi connectivity index (χ2n) is 9.52. The van der Waals surface area contributed by atoms with Gasteiger partial charge in [-0.1, -0.05) is 18.2 Å². The summed E-state index contributed by atoms with van der Waals surface area (Å²) < 4.78 is 3.96. The highest BCUT2D eigenvalue weighted by molar-refractivity contribution is 7.15. The van der Waals surface area contributed by atoms with E-state index >= 15 is 0 Å². The average molecular weight is 506 g/mol. The number of imidazole rings is 2. The van der Waals surface area contributed by atoms with Gasteiger partial charge in [0.25, 0.3) is 5.91 Å². The lowest BCUT2D eigenvalue weighted by atomic mass is 10.1. The first kappa shape index (κ1) is 24.2. The minimum Gasteiger partial charge on any atom is -0.337 e. The highest BCUT2D eigenvalue weighted by atomic mass is 32.1. The normalized spacial score (nSPS) is 16.9. The van der Waals surface area contributed by atoms with Gasteiger partial charge in [-0.25, -0.2) is 9.97 Å². The SMILES string of the molecule is Cc1cccc2nc(NC(=O)c3cn4ccsc4n3)n(C3CCCCN(C(=O)C=CCN(C)C)C3)c12. The molecule has 36 heavy (non-hydrogen) atoms. The number of nitrogens with one attached hydrogen (secondary N) is 1. The summed E-state index contributed by atoms with van der Waals surface area (Å²) in [5.74, 6) is 0.213. The number of fused-ring (bicyclic) bond motifs is 2. The molecule has 1 saturated heterocycles. The van der Waals surface area contributed by atoms with Crippen molar-refractivity contribution >= 4 is 45.1 Å². The summed E-state index contributed by atoms with van der Waals surface area (Å²) in [5.41, 5.74) is 3.24. The molecule has 1 unspecified atom stereocenters. The molecule has 0 spiro atoms. The molecule has 1 aromatic carbocycles. The Hall–Kier alpha value is -3.50. The fourth-order valence-corrected chi connectivity index (χ4v) is 5.47. The number of benzene rings is 1. The molecule has 5 rings (SSSR count). The zero-order valence-electron chi connectivity index (χ0n) is 20.8. The van der Waals surface area contributed by atoms with E-state index in [2.05, 4.69) is 27.9 Å². The minimum atomic E-state index is -0.298. The fourth-order valence-electron chi connectivity index (χ4n) is 4.77. The lowest BCUT2D eigenvalue weighted by Gasteiger charge is -2.26. The molecule has 4 aromatic rings. The van der Waals surface area contributed by atoms with E-state index < -0.39 is 0 Å². The van der Waals surface area contributed by atoms with E-state index in [1.807, 2.05) is 58.1 Å². The number of aryl methyl sites for hydroxylation is 1. The van der Waals surface area contributed by atoms with Gasteiger partial charge in [-0.15, -0.1) is 11.3 Å². The topological polar surface area (TPSA) is 87.8 Å². The monoisotopic (exact) mass is 505 g/mol. The third-order valence-corrected chi connectivity index (χ3v) is 7.29. The standard InChI is InChI=1S/C26H31N7O2S/c1-18-8-6-10-20-23(18)33(19-9-4-5-13-31(16-19)22(34)11-7-12-30(2)3)25(27-20)29-24(35)21-17-32-14-15-36-26(32)28-21/h6-8,10-11,14-15,17,19H,4-5,9,12-13,16H2,1-3H3,(H,27,29,35). The molecular weight excluding hydrogens is 474 g/mol. The summed E-state index contributed by atoms with van der Waals surface area (Å²) in [6.07, 6.45) is 10.0. The van der Waals surface area contributed by atoms with Gasteiger partial charge in [0.15, 0.2) is 4.96 Å². The number of hydrogen-bond acceptors (Lipinski definition) is 6. The maximum atomic E-state index is 13.2. The van der Waals surface area contributed by atoms with Crippen LogP contribution in [0.25, 0.3) is 16.0 Å². The van der Waals surface area contributed by atoms with Crippen LogP contribution in [0.3, 0.4) is 0 Å². The molecule has 1 fully saturated rings. The van der Waals surface area contributed by atoms with Crippen molar-refractivity contribution in [2.24, 2.45) is 0 Å². The van der Waals surface area contributed by atoms with Gasteiger partial charge in [-0.05, 0) is 51.9 Å². The number of para-hydroxylation sites is 1. The Kier molecular flexibility index (Phi) is 6.88. The van der Waals surface area contributed by atoms with E-state index in [9.17, 15) is 9.59 Å². The van der Waals surface area contributed by atoms with Gasteiger partial charge in [0.2, 0.25) is 11.9 Å². The van der Waals surface area contributed by atoms with Crippen molar-refractivity contribution in [1.82, 2.24) is 28.7 Å².